The quantitative estimate of drug-likeness (QED) is 0.150. The van der Waals surface area contributed by atoms with E-state index in [9.17, 15) is 0 Å². The molecule has 0 atom stereocenters. The molecule has 3 aromatic heterocycles. The molecule has 346 valence electrons. The molecule has 16 rings (SSSR count). The van der Waals surface area contributed by atoms with Crippen LogP contribution in [0, 0.1) is 0 Å². The zero-order chi connectivity index (χ0) is 49.1. The number of hydrogen-bond donors (Lipinski definition) is 0. The minimum Gasteiger partial charge on any atom is -0.310 e. The summed E-state index contributed by atoms with van der Waals surface area (Å²) in [5, 5.41) is 4.87. The second-order valence-corrected chi connectivity index (χ2v) is 19.9. The highest BCUT2D eigenvalue weighted by atomic mass is 15.1. The standard InChI is InChI=1S/C69H42BN5/c1-7-19-43(20-8-1)49-31-33-60-54(35-49)56-37-51(45-23-11-3-12-24-45)39-58-65(56)74(60)62-41-53(69-72-67(47-27-15-5-16-28-47)71-68(73-69)48-29-17-6-18-30-48)42-63-64(62)70(58)59-40-52(46-25-13-4-14-26-46)38-57-55-36-50(44-21-9-2-10-22-44)32-34-61(55)75(63)66(57)59/h1-42H. The van der Waals surface area contributed by atoms with Gasteiger partial charge < -0.3 is 9.13 Å². The SMILES string of the molecule is c1ccc(-c2ccc3c(c2)c2cc(-c4ccccc4)cc4c2n3-c2cc(-c3nc(-c5ccccc5)nc(-c5ccccc5)n3)cc3c2B4c2cc(-c4ccccc4)cc4c5cc(-c6ccccc6)ccc5n-3c24)cc1. The number of benzene rings is 11. The van der Waals surface area contributed by atoms with Crippen LogP contribution in [0.4, 0.5) is 0 Å². The summed E-state index contributed by atoms with van der Waals surface area (Å²) < 4.78 is 5.12. The summed E-state index contributed by atoms with van der Waals surface area (Å²) in [7, 11) is 0. The van der Waals surface area contributed by atoms with Crippen molar-refractivity contribution in [3.63, 3.8) is 0 Å². The Hall–Kier alpha value is -9.91. The van der Waals surface area contributed by atoms with Gasteiger partial charge in [-0.3, -0.25) is 0 Å². The zero-order valence-corrected chi connectivity index (χ0v) is 40.6. The molecule has 0 aliphatic carbocycles. The van der Waals surface area contributed by atoms with Crippen LogP contribution >= 0.6 is 0 Å². The third-order valence-corrected chi connectivity index (χ3v) is 15.7. The number of fused-ring (bicyclic) bond motifs is 10. The van der Waals surface area contributed by atoms with Crippen molar-refractivity contribution < 1.29 is 0 Å². The monoisotopic (exact) mass is 951 g/mol. The van der Waals surface area contributed by atoms with Crippen LogP contribution in [0.25, 0.3) is 134 Å². The summed E-state index contributed by atoms with van der Waals surface area (Å²) in [5.41, 5.74) is 23.1. The molecule has 0 bridgehead atoms. The lowest BCUT2D eigenvalue weighted by Gasteiger charge is -2.34. The Morgan fingerprint density at radius 1 is 0.253 bits per heavy atom. The van der Waals surface area contributed by atoms with Crippen molar-refractivity contribution in [1.29, 1.82) is 0 Å². The molecule has 2 aliphatic heterocycles. The van der Waals surface area contributed by atoms with Crippen molar-refractivity contribution in [3.8, 4) is 90.0 Å². The summed E-state index contributed by atoms with van der Waals surface area (Å²) in [6.45, 7) is -0.129. The van der Waals surface area contributed by atoms with Gasteiger partial charge in [0.25, 0.3) is 6.71 Å². The number of aromatic nitrogens is 5. The Labute approximate surface area is 433 Å². The van der Waals surface area contributed by atoms with Crippen LogP contribution in [0.2, 0.25) is 0 Å². The molecule has 14 aromatic rings. The summed E-state index contributed by atoms with van der Waals surface area (Å²) in [4.78, 5) is 15.9. The average Bonchev–Trinajstić information content (AvgIpc) is 4.04. The van der Waals surface area contributed by atoms with Gasteiger partial charge in [-0.2, -0.15) is 0 Å². The Balaban J connectivity index is 1.07. The van der Waals surface area contributed by atoms with Gasteiger partial charge in [-0.15, -0.1) is 0 Å². The first-order valence-corrected chi connectivity index (χ1v) is 25.7. The van der Waals surface area contributed by atoms with Crippen LogP contribution in [0.3, 0.4) is 0 Å². The predicted molar refractivity (Wildman–Crippen MR) is 311 cm³/mol. The molecule has 75 heavy (non-hydrogen) atoms. The van der Waals surface area contributed by atoms with Crippen molar-refractivity contribution in [2.75, 3.05) is 0 Å². The van der Waals surface area contributed by atoms with Crippen molar-refractivity contribution in [3.05, 3.63) is 255 Å². The molecule has 0 saturated carbocycles. The summed E-state index contributed by atoms with van der Waals surface area (Å²) in [6, 6.07) is 92.6. The first-order valence-electron chi connectivity index (χ1n) is 25.7. The summed E-state index contributed by atoms with van der Waals surface area (Å²) >= 11 is 0. The van der Waals surface area contributed by atoms with Gasteiger partial charge >= 0.3 is 0 Å². The largest absolute Gasteiger partial charge is 0.310 e. The van der Waals surface area contributed by atoms with E-state index < -0.39 is 0 Å². The fourth-order valence-electron chi connectivity index (χ4n) is 12.3. The number of rotatable bonds is 7. The van der Waals surface area contributed by atoms with Gasteiger partial charge in [0.05, 0.1) is 11.0 Å². The van der Waals surface area contributed by atoms with E-state index in [2.05, 4.69) is 228 Å². The topological polar surface area (TPSA) is 48.5 Å². The molecule has 5 nitrogen and oxygen atoms in total. The maximum absolute atomic E-state index is 5.39. The molecule has 0 N–H and O–H groups in total. The van der Waals surface area contributed by atoms with Gasteiger partial charge in [0.2, 0.25) is 0 Å². The molecule has 0 radical (unpaired) electrons. The van der Waals surface area contributed by atoms with Crippen LogP contribution in [0.15, 0.2) is 255 Å². The van der Waals surface area contributed by atoms with Gasteiger partial charge in [-0.25, -0.2) is 15.0 Å². The van der Waals surface area contributed by atoms with E-state index >= 15 is 0 Å². The Bertz CT molecular complexity index is 4320. The van der Waals surface area contributed by atoms with Crippen molar-refractivity contribution in [2.45, 2.75) is 0 Å². The molecular weight excluding hydrogens is 910 g/mol. The smallest absolute Gasteiger partial charge is 0.252 e. The molecule has 6 heteroatoms. The Morgan fingerprint density at radius 3 is 0.947 bits per heavy atom. The highest BCUT2D eigenvalue weighted by Gasteiger charge is 2.42. The lowest BCUT2D eigenvalue weighted by atomic mass is 9.34. The van der Waals surface area contributed by atoms with Crippen molar-refractivity contribution >= 4 is 66.7 Å². The Kier molecular flexibility index (Phi) is 9.06. The first-order chi connectivity index (χ1) is 37.2. The molecule has 2 aliphatic rings. The minimum absolute atomic E-state index is 0.129. The second kappa shape index (κ2) is 16.3. The van der Waals surface area contributed by atoms with E-state index in [0.29, 0.717) is 17.5 Å². The van der Waals surface area contributed by atoms with Crippen molar-refractivity contribution in [1.82, 2.24) is 24.1 Å². The fourth-order valence-corrected chi connectivity index (χ4v) is 12.3. The summed E-state index contributed by atoms with van der Waals surface area (Å²) in [6.07, 6.45) is 0. The summed E-state index contributed by atoms with van der Waals surface area (Å²) in [5.74, 6) is 1.88. The van der Waals surface area contributed by atoms with Crippen LogP contribution in [0.1, 0.15) is 0 Å². The number of hydrogen-bond acceptors (Lipinski definition) is 3. The van der Waals surface area contributed by atoms with Gasteiger partial charge in [0.1, 0.15) is 0 Å². The third kappa shape index (κ3) is 6.43. The van der Waals surface area contributed by atoms with E-state index in [4.69, 9.17) is 15.0 Å². The predicted octanol–water partition coefficient (Wildman–Crippen LogP) is 14.9. The van der Waals surface area contributed by atoms with Gasteiger partial charge in [-0.05, 0) is 109 Å². The molecule has 5 heterocycles. The molecular formula is C69H42BN5. The van der Waals surface area contributed by atoms with E-state index in [1.54, 1.807) is 0 Å². The first kappa shape index (κ1) is 41.7. The van der Waals surface area contributed by atoms with E-state index in [1.807, 2.05) is 36.4 Å². The lowest BCUT2D eigenvalue weighted by molar-refractivity contribution is 1.07. The maximum atomic E-state index is 5.39. The van der Waals surface area contributed by atoms with Crippen molar-refractivity contribution in [2.24, 2.45) is 0 Å². The fraction of sp³-hybridized carbons (Fsp3) is 0. The maximum Gasteiger partial charge on any atom is 0.252 e. The van der Waals surface area contributed by atoms with E-state index in [0.717, 1.165) is 39.1 Å². The highest BCUT2D eigenvalue weighted by molar-refractivity contribution is 7.00. The van der Waals surface area contributed by atoms with Crippen LogP contribution in [0.5, 0.6) is 0 Å². The van der Waals surface area contributed by atoms with E-state index in [-0.39, 0.29) is 6.71 Å². The average molecular weight is 952 g/mol. The normalized spacial score (nSPS) is 12.2. The molecule has 0 fully saturated rings. The van der Waals surface area contributed by atoms with Crippen LogP contribution < -0.4 is 16.4 Å². The molecule has 0 spiro atoms. The van der Waals surface area contributed by atoms with Crippen LogP contribution in [-0.2, 0) is 0 Å². The highest BCUT2D eigenvalue weighted by Crippen LogP contribution is 2.44. The number of nitrogens with zero attached hydrogens (tertiary/aromatic N) is 5. The van der Waals surface area contributed by atoms with Gasteiger partial charge in [0.15, 0.2) is 17.5 Å². The zero-order valence-electron chi connectivity index (χ0n) is 40.6. The lowest BCUT2D eigenvalue weighted by Crippen LogP contribution is -2.59. The Morgan fingerprint density at radius 2 is 0.573 bits per heavy atom. The second-order valence-electron chi connectivity index (χ2n) is 19.9. The molecule has 0 saturated heterocycles. The molecule has 0 amide bonds. The van der Waals surface area contributed by atoms with Gasteiger partial charge in [0, 0.05) is 60.6 Å². The van der Waals surface area contributed by atoms with Gasteiger partial charge in [-0.1, -0.05) is 206 Å². The molecule has 0 unspecified atom stereocenters. The minimum atomic E-state index is -0.129. The van der Waals surface area contributed by atoms with E-state index in [1.165, 1.54) is 93.5 Å². The third-order valence-electron chi connectivity index (χ3n) is 15.7. The van der Waals surface area contributed by atoms with Crippen LogP contribution in [-0.4, -0.2) is 30.8 Å². The molecule has 11 aromatic carbocycles.